The molecule has 2 aliphatic heterocycles. The number of rotatable bonds is 12. The number of benzene rings is 1. The van der Waals surface area contributed by atoms with Crippen LogP contribution < -0.4 is 16.6 Å². The lowest BCUT2D eigenvalue weighted by molar-refractivity contribution is -0.171. The van der Waals surface area contributed by atoms with Crippen molar-refractivity contribution in [2.75, 3.05) is 33.0 Å². The third-order valence-corrected chi connectivity index (χ3v) is 7.74. The lowest BCUT2D eigenvalue weighted by atomic mass is 10.00. The number of ether oxygens (including phenoxy) is 4. The van der Waals surface area contributed by atoms with Gasteiger partial charge in [-0.15, -0.1) is 9.24 Å². The van der Waals surface area contributed by atoms with Gasteiger partial charge in [0, 0.05) is 28.8 Å². The van der Waals surface area contributed by atoms with Crippen molar-refractivity contribution < 1.29 is 28.5 Å². The molecular weight excluding hydrogens is 679 g/mol. The van der Waals surface area contributed by atoms with Crippen LogP contribution in [0.5, 0.6) is 0 Å². The van der Waals surface area contributed by atoms with Gasteiger partial charge in [0.25, 0.3) is 5.56 Å². The Morgan fingerprint density at radius 2 is 1.69 bits per heavy atom. The first kappa shape index (κ1) is 46.4. The van der Waals surface area contributed by atoms with Gasteiger partial charge in [0.15, 0.2) is 0 Å². The molecule has 0 saturated heterocycles. The maximum Gasteiger partial charge on any atom is 0.352 e. The number of hydrogen-bond acceptors (Lipinski definition) is 10. The molecule has 52 heavy (non-hydrogen) atoms. The Labute approximate surface area is 313 Å². The van der Waals surface area contributed by atoms with E-state index in [4.69, 9.17) is 29.7 Å². The van der Waals surface area contributed by atoms with Crippen molar-refractivity contribution in [1.29, 1.82) is 0 Å². The molecule has 4 heterocycles. The summed E-state index contributed by atoms with van der Waals surface area (Å²) < 4.78 is 24.5. The monoisotopic (exact) mass is 742 g/mol. The summed E-state index contributed by atoms with van der Waals surface area (Å²) in [6, 6.07) is 11.5. The standard InChI is InChI=1S/C33H40N4O7.3C2H6.CH5P/c1-6-9-22(16-42-33(4,5)19-43-32(2,3)18-34)35-14-27(38)44-29-23-13-26-28-21(12-20-10-7-8-11-25(20)36-28)15-37(26)30(39)24(23)17-41-31(29)40;4*1-2/h7-13,29,35H,6,14-19,34H2,1-5H3;3*1-2H3;2H2,1H3/b22-9+;;;;. The number of nitrogens with one attached hydrogen (secondary N) is 1. The fourth-order valence-corrected chi connectivity index (χ4v) is 5.10. The molecule has 0 bridgehead atoms. The minimum absolute atomic E-state index is 0.186. The van der Waals surface area contributed by atoms with E-state index in [1.165, 1.54) is 0 Å². The SMILES string of the molecule is CC.CC.CC.CC/C=C(\COC(C)(C)COC(C)(C)CN)NCC(=O)OC1C(=O)OCc2c1cc1n(c2=O)Cc2cc3ccccc3nc2-1.CP. The van der Waals surface area contributed by atoms with Gasteiger partial charge in [-0.25, -0.2) is 9.78 Å². The summed E-state index contributed by atoms with van der Waals surface area (Å²) in [5.74, 6) is -1.41. The second-order valence-electron chi connectivity index (χ2n) is 12.3. The number of hydrogen-bond donors (Lipinski definition) is 2. The van der Waals surface area contributed by atoms with E-state index < -0.39 is 29.2 Å². The number of para-hydroxylation sites is 1. The molecule has 290 valence electrons. The van der Waals surface area contributed by atoms with Crippen molar-refractivity contribution >= 4 is 32.1 Å². The van der Waals surface area contributed by atoms with Crippen LogP contribution in [-0.4, -0.2) is 65.7 Å². The van der Waals surface area contributed by atoms with Crippen LogP contribution >= 0.6 is 9.24 Å². The molecule has 2 atom stereocenters. The minimum atomic E-state index is -1.37. The summed E-state index contributed by atoms with van der Waals surface area (Å²) in [5.41, 5.74) is 8.65. The van der Waals surface area contributed by atoms with Crippen molar-refractivity contribution in [1.82, 2.24) is 14.9 Å². The molecule has 0 fully saturated rings. The minimum Gasteiger partial charge on any atom is -0.458 e. The van der Waals surface area contributed by atoms with Crippen molar-refractivity contribution in [3.63, 3.8) is 0 Å². The van der Waals surface area contributed by atoms with E-state index in [1.54, 1.807) is 10.6 Å². The third-order valence-electron chi connectivity index (χ3n) is 7.74. The molecule has 0 saturated carbocycles. The Kier molecular flexibility index (Phi) is 20.0. The van der Waals surface area contributed by atoms with Crippen LogP contribution in [0.1, 0.15) is 105 Å². The molecule has 12 heteroatoms. The number of aromatic nitrogens is 2. The second-order valence-corrected chi connectivity index (χ2v) is 12.3. The Hall–Kier alpha value is -3.63. The molecule has 1 aromatic carbocycles. The second kappa shape index (κ2) is 22.4. The Morgan fingerprint density at radius 1 is 1.04 bits per heavy atom. The van der Waals surface area contributed by atoms with E-state index >= 15 is 0 Å². The molecule has 3 aromatic rings. The van der Waals surface area contributed by atoms with Crippen LogP contribution in [0, 0.1) is 0 Å². The third kappa shape index (κ3) is 12.2. The van der Waals surface area contributed by atoms with E-state index in [0.717, 1.165) is 16.5 Å². The van der Waals surface area contributed by atoms with Gasteiger partial charge in [0.05, 0.1) is 53.4 Å². The normalized spacial score (nSPS) is 14.2. The van der Waals surface area contributed by atoms with Gasteiger partial charge in [-0.2, -0.15) is 0 Å². The summed E-state index contributed by atoms with van der Waals surface area (Å²) in [5, 5.41) is 4.04. The number of allylic oxidation sites excluding steroid dienone is 1. The topological polar surface area (TPSA) is 144 Å². The Balaban J connectivity index is 0.00000158. The Morgan fingerprint density at radius 3 is 2.33 bits per heavy atom. The van der Waals surface area contributed by atoms with Crippen molar-refractivity contribution in [2.24, 2.45) is 5.73 Å². The number of pyridine rings is 2. The van der Waals surface area contributed by atoms with Crippen molar-refractivity contribution in [2.45, 2.75) is 113 Å². The smallest absolute Gasteiger partial charge is 0.352 e. The van der Waals surface area contributed by atoms with Gasteiger partial charge in [-0.05, 0) is 52.3 Å². The highest BCUT2D eigenvalue weighted by molar-refractivity contribution is 7.15. The fraction of sp³-hybridized carbons (Fsp3) is 0.550. The van der Waals surface area contributed by atoms with Crippen LogP contribution in [0.3, 0.4) is 0 Å². The molecule has 2 aliphatic rings. The molecule has 0 radical (unpaired) electrons. The predicted molar refractivity (Wildman–Crippen MR) is 214 cm³/mol. The van der Waals surface area contributed by atoms with Crippen LogP contribution in [0.15, 0.2) is 53.0 Å². The number of fused-ring (bicyclic) bond motifs is 5. The van der Waals surface area contributed by atoms with E-state index in [9.17, 15) is 14.4 Å². The summed E-state index contributed by atoms with van der Waals surface area (Å²) in [6.45, 7) is 24.4. The molecule has 0 aliphatic carbocycles. The number of cyclic esters (lactones) is 1. The number of carbonyl (C=O) groups is 2. The van der Waals surface area contributed by atoms with E-state index in [1.807, 2.05) is 119 Å². The van der Waals surface area contributed by atoms with Gasteiger partial charge in [0.1, 0.15) is 13.2 Å². The highest BCUT2D eigenvalue weighted by atomic mass is 31.0. The van der Waals surface area contributed by atoms with Gasteiger partial charge in [0.2, 0.25) is 6.10 Å². The molecular formula is C40H63N4O7P. The largest absolute Gasteiger partial charge is 0.458 e. The number of esters is 2. The lowest BCUT2D eigenvalue weighted by Crippen LogP contribution is -2.41. The average molecular weight is 743 g/mol. The van der Waals surface area contributed by atoms with Gasteiger partial charge >= 0.3 is 11.9 Å². The first-order valence-corrected chi connectivity index (χ1v) is 19.6. The summed E-state index contributed by atoms with van der Waals surface area (Å²) >= 11 is 0. The van der Waals surface area contributed by atoms with Crippen molar-refractivity contribution in [3.05, 3.63) is 75.2 Å². The van der Waals surface area contributed by atoms with Gasteiger partial charge in [-0.1, -0.05) is 79.4 Å². The average Bonchev–Trinajstić information content (AvgIpc) is 3.53. The van der Waals surface area contributed by atoms with Crippen LogP contribution in [0.2, 0.25) is 0 Å². The Bertz CT molecular complexity index is 1680. The maximum atomic E-state index is 13.5. The lowest BCUT2D eigenvalue weighted by Gasteiger charge is -2.31. The van der Waals surface area contributed by atoms with E-state index in [0.29, 0.717) is 54.3 Å². The molecule has 0 spiro atoms. The number of nitrogens with two attached hydrogens (primary N) is 1. The zero-order valence-corrected chi connectivity index (χ0v) is 34.6. The van der Waals surface area contributed by atoms with Crippen LogP contribution in [0.4, 0.5) is 0 Å². The van der Waals surface area contributed by atoms with Gasteiger partial charge < -0.3 is 34.6 Å². The zero-order chi connectivity index (χ0) is 39.6. The summed E-state index contributed by atoms with van der Waals surface area (Å²) in [7, 11) is 2.42. The van der Waals surface area contributed by atoms with Crippen LogP contribution in [0.25, 0.3) is 22.3 Å². The quantitative estimate of drug-likeness (QED) is 0.114. The zero-order valence-electron chi connectivity index (χ0n) is 33.5. The summed E-state index contributed by atoms with van der Waals surface area (Å²) in [6.07, 6.45) is 1.25. The highest BCUT2D eigenvalue weighted by Gasteiger charge is 2.37. The van der Waals surface area contributed by atoms with E-state index in [2.05, 4.69) is 14.6 Å². The first-order chi connectivity index (χ1) is 24.9. The van der Waals surface area contributed by atoms with Gasteiger partial charge in [-0.3, -0.25) is 9.59 Å². The molecule has 0 amide bonds. The van der Waals surface area contributed by atoms with Crippen LogP contribution in [-0.2, 0) is 41.7 Å². The number of carbonyl (C=O) groups excluding carboxylic acids is 2. The summed E-state index contributed by atoms with van der Waals surface area (Å²) in [4.78, 5) is 44.1. The predicted octanol–water partition coefficient (Wildman–Crippen LogP) is 7.07. The first-order valence-electron chi connectivity index (χ1n) is 18.4. The molecule has 2 aromatic heterocycles. The number of nitrogens with zero attached hydrogens (tertiary/aromatic N) is 2. The molecule has 3 N–H and O–H groups in total. The molecule has 2 unspecified atom stereocenters. The molecule has 11 nitrogen and oxygen atoms in total. The maximum absolute atomic E-state index is 13.5. The fourth-order valence-electron chi connectivity index (χ4n) is 5.10. The van der Waals surface area contributed by atoms with E-state index in [-0.39, 0.29) is 25.3 Å². The molecule has 5 rings (SSSR count). The van der Waals surface area contributed by atoms with Crippen molar-refractivity contribution in [3.8, 4) is 11.4 Å². The highest BCUT2D eigenvalue weighted by Crippen LogP contribution is 2.36.